The monoisotopic (exact) mass is 332 g/mol. The van der Waals surface area contributed by atoms with Crippen molar-refractivity contribution < 1.29 is 4.79 Å². The van der Waals surface area contributed by atoms with Crippen molar-refractivity contribution in [2.75, 3.05) is 29.9 Å². The zero-order valence-electron chi connectivity index (χ0n) is 14.1. The van der Waals surface area contributed by atoms with Gasteiger partial charge in [0.1, 0.15) is 0 Å². The summed E-state index contributed by atoms with van der Waals surface area (Å²) in [5.74, 6) is 3.54. The molecule has 1 aromatic rings. The molecule has 3 nitrogen and oxygen atoms in total. The topological polar surface area (TPSA) is 32.3 Å². The highest BCUT2D eigenvalue weighted by Gasteiger charge is 2.27. The van der Waals surface area contributed by atoms with Crippen molar-refractivity contribution in [3.8, 4) is 0 Å². The van der Waals surface area contributed by atoms with Gasteiger partial charge in [-0.3, -0.25) is 9.69 Å². The number of likely N-dealkylation sites (tertiary alicyclic amines) is 1. The summed E-state index contributed by atoms with van der Waals surface area (Å²) in [5, 5.41) is 3.02. The highest BCUT2D eigenvalue weighted by Crippen LogP contribution is 2.28. The Bertz CT molecular complexity index is 520. The molecule has 2 aliphatic rings. The first kappa shape index (κ1) is 16.8. The van der Waals surface area contributed by atoms with Crippen LogP contribution in [0, 0.1) is 12.8 Å². The van der Waals surface area contributed by atoms with Crippen LogP contribution in [0.3, 0.4) is 0 Å². The SMILES string of the molecule is Cc1cccc(NC(=O)CCC2CCN(C3CCSC3)CC2)c1. The number of nitrogens with zero attached hydrogens (tertiary/aromatic N) is 1. The van der Waals surface area contributed by atoms with Gasteiger partial charge in [-0.05, 0) is 75.1 Å². The lowest BCUT2D eigenvalue weighted by molar-refractivity contribution is -0.116. The van der Waals surface area contributed by atoms with Crippen molar-refractivity contribution >= 4 is 23.4 Å². The quantitative estimate of drug-likeness (QED) is 0.886. The lowest BCUT2D eigenvalue weighted by Gasteiger charge is -2.35. The first-order valence-electron chi connectivity index (χ1n) is 8.89. The fourth-order valence-corrected chi connectivity index (χ4v) is 4.95. The zero-order valence-corrected chi connectivity index (χ0v) is 14.9. The number of carbonyl (C=O) groups excluding carboxylic acids is 1. The summed E-state index contributed by atoms with van der Waals surface area (Å²) in [4.78, 5) is 14.8. The minimum atomic E-state index is 0.158. The molecule has 1 amide bonds. The molecule has 0 bridgehead atoms. The fraction of sp³-hybridized carbons (Fsp3) is 0.632. The van der Waals surface area contributed by atoms with Crippen molar-refractivity contribution in [1.29, 1.82) is 0 Å². The number of piperidine rings is 1. The van der Waals surface area contributed by atoms with Gasteiger partial charge in [-0.2, -0.15) is 11.8 Å². The molecule has 0 aliphatic carbocycles. The summed E-state index contributed by atoms with van der Waals surface area (Å²) in [6.45, 7) is 4.51. The van der Waals surface area contributed by atoms with E-state index in [1.54, 1.807) is 0 Å². The van der Waals surface area contributed by atoms with E-state index in [2.05, 4.69) is 22.0 Å². The lowest BCUT2D eigenvalue weighted by atomic mass is 9.91. The minimum Gasteiger partial charge on any atom is -0.326 e. The number of nitrogens with one attached hydrogen (secondary N) is 1. The van der Waals surface area contributed by atoms with E-state index in [1.807, 2.05) is 31.2 Å². The van der Waals surface area contributed by atoms with E-state index < -0.39 is 0 Å². The third-order valence-corrected chi connectivity index (χ3v) is 6.30. The van der Waals surface area contributed by atoms with Gasteiger partial charge in [0.25, 0.3) is 0 Å². The van der Waals surface area contributed by atoms with Gasteiger partial charge in [-0.25, -0.2) is 0 Å². The molecular weight excluding hydrogens is 304 g/mol. The smallest absolute Gasteiger partial charge is 0.224 e. The molecule has 4 heteroatoms. The molecule has 2 fully saturated rings. The second-order valence-corrected chi connectivity index (χ2v) is 8.10. The predicted octanol–water partition coefficient (Wildman–Crippen LogP) is 3.93. The number of thioether (sulfide) groups is 1. The molecule has 3 rings (SSSR count). The third kappa shape index (κ3) is 4.98. The van der Waals surface area contributed by atoms with Crippen molar-refractivity contribution in [2.24, 2.45) is 5.92 Å². The number of hydrogen-bond donors (Lipinski definition) is 1. The van der Waals surface area contributed by atoms with Crippen LogP contribution in [-0.2, 0) is 4.79 Å². The lowest BCUT2D eigenvalue weighted by Crippen LogP contribution is -2.41. The number of amides is 1. The van der Waals surface area contributed by atoms with Gasteiger partial charge in [0.15, 0.2) is 0 Å². The summed E-state index contributed by atoms with van der Waals surface area (Å²) in [5.41, 5.74) is 2.10. The molecule has 2 aliphatic heterocycles. The number of anilines is 1. The Balaban J connectivity index is 1.36. The molecule has 23 heavy (non-hydrogen) atoms. The third-order valence-electron chi connectivity index (χ3n) is 5.15. The van der Waals surface area contributed by atoms with E-state index in [1.165, 1.54) is 49.4 Å². The van der Waals surface area contributed by atoms with Crippen molar-refractivity contribution in [1.82, 2.24) is 4.90 Å². The average molecular weight is 333 g/mol. The Morgan fingerprint density at radius 2 is 2.13 bits per heavy atom. The molecule has 1 unspecified atom stereocenters. The van der Waals surface area contributed by atoms with Crippen LogP contribution in [-0.4, -0.2) is 41.4 Å². The molecule has 1 aromatic carbocycles. The molecule has 126 valence electrons. The molecule has 0 aromatic heterocycles. The number of aryl methyl sites for hydroxylation is 1. The number of carbonyl (C=O) groups is 1. The van der Waals surface area contributed by atoms with Crippen molar-refractivity contribution in [3.63, 3.8) is 0 Å². The maximum absolute atomic E-state index is 12.1. The van der Waals surface area contributed by atoms with Gasteiger partial charge in [-0.15, -0.1) is 0 Å². The van der Waals surface area contributed by atoms with E-state index >= 15 is 0 Å². The summed E-state index contributed by atoms with van der Waals surface area (Å²) in [6, 6.07) is 8.85. The summed E-state index contributed by atoms with van der Waals surface area (Å²) in [7, 11) is 0. The first-order chi connectivity index (χ1) is 11.2. The fourth-order valence-electron chi connectivity index (χ4n) is 3.70. The second-order valence-electron chi connectivity index (χ2n) is 6.95. The Kier molecular flexibility index (Phi) is 6.01. The Morgan fingerprint density at radius 1 is 1.30 bits per heavy atom. The van der Waals surface area contributed by atoms with Crippen LogP contribution in [0.4, 0.5) is 5.69 Å². The zero-order chi connectivity index (χ0) is 16.1. The molecule has 0 radical (unpaired) electrons. The van der Waals surface area contributed by atoms with Crippen molar-refractivity contribution in [3.05, 3.63) is 29.8 Å². The normalized spacial score (nSPS) is 23.1. The summed E-state index contributed by atoms with van der Waals surface area (Å²) < 4.78 is 0. The summed E-state index contributed by atoms with van der Waals surface area (Å²) >= 11 is 2.10. The maximum Gasteiger partial charge on any atom is 0.224 e. The van der Waals surface area contributed by atoms with E-state index in [9.17, 15) is 4.79 Å². The van der Waals surface area contributed by atoms with E-state index in [0.29, 0.717) is 6.42 Å². The Hall–Kier alpha value is -1.00. The van der Waals surface area contributed by atoms with Crippen LogP contribution in [0.5, 0.6) is 0 Å². The van der Waals surface area contributed by atoms with Crippen LogP contribution in [0.25, 0.3) is 0 Å². The van der Waals surface area contributed by atoms with Gasteiger partial charge in [0.05, 0.1) is 0 Å². The highest BCUT2D eigenvalue weighted by molar-refractivity contribution is 7.99. The van der Waals surface area contributed by atoms with Gasteiger partial charge in [-0.1, -0.05) is 12.1 Å². The van der Waals surface area contributed by atoms with E-state index in [0.717, 1.165) is 24.1 Å². The highest BCUT2D eigenvalue weighted by atomic mass is 32.2. The van der Waals surface area contributed by atoms with Crippen LogP contribution in [0.1, 0.15) is 37.7 Å². The van der Waals surface area contributed by atoms with Gasteiger partial charge >= 0.3 is 0 Å². The molecule has 1 N–H and O–H groups in total. The van der Waals surface area contributed by atoms with Gasteiger partial charge < -0.3 is 5.32 Å². The predicted molar refractivity (Wildman–Crippen MR) is 99.1 cm³/mol. The van der Waals surface area contributed by atoms with Crippen LogP contribution >= 0.6 is 11.8 Å². The summed E-state index contributed by atoms with van der Waals surface area (Å²) in [6.07, 6.45) is 5.58. The van der Waals surface area contributed by atoms with E-state index in [4.69, 9.17) is 0 Å². The molecule has 2 heterocycles. The van der Waals surface area contributed by atoms with Gasteiger partial charge in [0.2, 0.25) is 5.91 Å². The number of rotatable bonds is 5. The number of hydrogen-bond acceptors (Lipinski definition) is 3. The first-order valence-corrected chi connectivity index (χ1v) is 10.0. The standard InChI is InChI=1S/C19H28N2OS/c1-15-3-2-4-17(13-15)20-19(22)6-5-16-7-10-21(11-8-16)18-9-12-23-14-18/h2-4,13,16,18H,5-12,14H2,1H3,(H,20,22). The van der Waals surface area contributed by atoms with Crippen LogP contribution in [0.15, 0.2) is 24.3 Å². The van der Waals surface area contributed by atoms with Crippen LogP contribution < -0.4 is 5.32 Å². The maximum atomic E-state index is 12.1. The molecule has 2 saturated heterocycles. The second kappa shape index (κ2) is 8.20. The Morgan fingerprint density at radius 3 is 2.83 bits per heavy atom. The molecule has 0 saturated carbocycles. The molecular formula is C19H28N2OS. The Labute approximate surface area is 144 Å². The van der Waals surface area contributed by atoms with Crippen LogP contribution in [0.2, 0.25) is 0 Å². The molecule has 1 atom stereocenters. The van der Waals surface area contributed by atoms with E-state index in [-0.39, 0.29) is 5.91 Å². The van der Waals surface area contributed by atoms with Crippen molar-refractivity contribution in [2.45, 2.75) is 45.1 Å². The molecule has 0 spiro atoms. The number of benzene rings is 1. The minimum absolute atomic E-state index is 0.158. The largest absolute Gasteiger partial charge is 0.326 e. The van der Waals surface area contributed by atoms with Gasteiger partial charge in [0, 0.05) is 23.9 Å². The average Bonchev–Trinajstić information content (AvgIpc) is 3.08.